The highest BCUT2D eigenvalue weighted by molar-refractivity contribution is 5.77. The van der Waals surface area contributed by atoms with Gasteiger partial charge in [-0.3, -0.25) is 9.69 Å². The molecule has 0 aromatic rings. The Bertz CT molecular complexity index is 232. The first-order valence-corrected chi connectivity index (χ1v) is 6.10. The third-order valence-corrected chi connectivity index (χ3v) is 3.20. The Labute approximate surface area is 104 Å². The van der Waals surface area contributed by atoms with Crippen LogP contribution >= 0.6 is 0 Å². The summed E-state index contributed by atoms with van der Waals surface area (Å²) in [4.78, 5) is 13.1. The minimum Gasteiger partial charge on any atom is -0.480 e. The second-order valence-corrected chi connectivity index (χ2v) is 4.76. The van der Waals surface area contributed by atoms with Crippen LogP contribution in [0, 0.1) is 0 Å². The van der Waals surface area contributed by atoms with Crippen molar-refractivity contribution in [1.29, 1.82) is 0 Å². The Balaban J connectivity index is 4.29. The van der Waals surface area contributed by atoms with Gasteiger partial charge in [-0.15, -0.1) is 0 Å². The maximum atomic E-state index is 10.9. The largest absolute Gasteiger partial charge is 0.480 e. The third-order valence-electron chi connectivity index (χ3n) is 3.20. The molecule has 3 N–H and O–H groups in total. The highest BCUT2D eigenvalue weighted by atomic mass is 16.5. The van der Waals surface area contributed by atoms with Crippen LogP contribution in [0.3, 0.4) is 0 Å². The molecule has 2 atom stereocenters. The summed E-state index contributed by atoms with van der Waals surface area (Å²) in [6, 6.07) is 0.412. The van der Waals surface area contributed by atoms with Gasteiger partial charge in [0, 0.05) is 26.2 Å². The molecule has 0 aliphatic heterocycles. The Hall–Kier alpha value is -0.650. The number of ether oxygens (including phenoxy) is 1. The lowest BCUT2D eigenvalue weighted by Gasteiger charge is -2.30. The molecule has 102 valence electrons. The standard InChI is InChI=1S/C12H26N2O3/c1-5-10(2)14(8-9-17-4)7-6-12(3,13)11(15)16/h10H,5-9,13H2,1-4H3,(H,15,16). The van der Waals surface area contributed by atoms with Gasteiger partial charge in [-0.05, 0) is 26.7 Å². The summed E-state index contributed by atoms with van der Waals surface area (Å²) < 4.78 is 5.06. The fourth-order valence-electron chi connectivity index (χ4n) is 1.50. The molecule has 0 amide bonds. The topological polar surface area (TPSA) is 75.8 Å². The van der Waals surface area contributed by atoms with E-state index >= 15 is 0 Å². The molecule has 0 fully saturated rings. The van der Waals surface area contributed by atoms with Crippen LogP contribution in [0.15, 0.2) is 0 Å². The number of nitrogens with two attached hydrogens (primary N) is 1. The molecule has 0 aromatic carbocycles. The summed E-state index contributed by atoms with van der Waals surface area (Å²) in [6.07, 6.45) is 1.47. The van der Waals surface area contributed by atoms with Gasteiger partial charge >= 0.3 is 5.97 Å². The Morgan fingerprint density at radius 1 is 1.53 bits per heavy atom. The van der Waals surface area contributed by atoms with Crippen LogP contribution in [-0.2, 0) is 9.53 Å². The summed E-state index contributed by atoms with van der Waals surface area (Å²) in [7, 11) is 1.67. The summed E-state index contributed by atoms with van der Waals surface area (Å²) in [5.41, 5.74) is 4.57. The van der Waals surface area contributed by atoms with E-state index in [0.717, 1.165) is 13.0 Å². The number of rotatable bonds is 9. The smallest absolute Gasteiger partial charge is 0.323 e. The number of hydrogen-bond donors (Lipinski definition) is 2. The fourth-order valence-corrected chi connectivity index (χ4v) is 1.50. The molecule has 0 rings (SSSR count). The predicted octanol–water partition coefficient (Wildman–Crippen LogP) is 0.925. The summed E-state index contributed by atoms with van der Waals surface area (Å²) in [5.74, 6) is -0.951. The second-order valence-electron chi connectivity index (χ2n) is 4.76. The minimum absolute atomic E-state index is 0.412. The number of nitrogens with zero attached hydrogens (tertiary/aromatic N) is 1. The van der Waals surface area contributed by atoms with E-state index < -0.39 is 11.5 Å². The van der Waals surface area contributed by atoms with Crippen molar-refractivity contribution in [2.45, 2.75) is 45.2 Å². The van der Waals surface area contributed by atoms with Crippen LogP contribution < -0.4 is 5.73 Å². The van der Waals surface area contributed by atoms with Crippen molar-refractivity contribution in [2.24, 2.45) is 5.73 Å². The maximum Gasteiger partial charge on any atom is 0.323 e. The van der Waals surface area contributed by atoms with Crippen LogP contribution in [0.2, 0.25) is 0 Å². The van der Waals surface area contributed by atoms with Gasteiger partial charge in [-0.1, -0.05) is 6.92 Å². The van der Waals surface area contributed by atoms with E-state index in [2.05, 4.69) is 18.7 Å². The zero-order valence-electron chi connectivity index (χ0n) is 11.4. The number of aliphatic carboxylic acids is 1. The normalized spacial score (nSPS) is 16.8. The van der Waals surface area contributed by atoms with E-state index in [1.54, 1.807) is 14.0 Å². The molecule has 0 bridgehead atoms. The van der Waals surface area contributed by atoms with Gasteiger partial charge in [0.2, 0.25) is 0 Å². The number of methoxy groups -OCH3 is 1. The molecular weight excluding hydrogens is 220 g/mol. The average molecular weight is 246 g/mol. The predicted molar refractivity (Wildman–Crippen MR) is 68.0 cm³/mol. The van der Waals surface area contributed by atoms with Crippen molar-refractivity contribution in [2.75, 3.05) is 26.8 Å². The van der Waals surface area contributed by atoms with Crippen molar-refractivity contribution >= 4 is 5.97 Å². The van der Waals surface area contributed by atoms with Crippen molar-refractivity contribution in [3.63, 3.8) is 0 Å². The van der Waals surface area contributed by atoms with Crippen LogP contribution in [0.1, 0.15) is 33.6 Å². The van der Waals surface area contributed by atoms with E-state index in [-0.39, 0.29) is 0 Å². The first kappa shape index (κ1) is 16.4. The first-order chi connectivity index (χ1) is 7.85. The molecule has 0 heterocycles. The van der Waals surface area contributed by atoms with Crippen molar-refractivity contribution < 1.29 is 14.6 Å². The maximum absolute atomic E-state index is 10.9. The lowest BCUT2D eigenvalue weighted by Crippen LogP contribution is -2.48. The number of carboxylic acids is 1. The number of carbonyl (C=O) groups is 1. The SMILES string of the molecule is CCC(C)N(CCOC)CCC(C)(N)C(=O)O. The van der Waals surface area contributed by atoms with Crippen LogP contribution in [0.5, 0.6) is 0 Å². The molecule has 17 heavy (non-hydrogen) atoms. The molecule has 0 aliphatic rings. The molecule has 0 radical (unpaired) electrons. The van der Waals surface area contributed by atoms with E-state index in [1.807, 2.05) is 0 Å². The van der Waals surface area contributed by atoms with Crippen LogP contribution in [-0.4, -0.2) is 54.4 Å². The van der Waals surface area contributed by atoms with E-state index in [9.17, 15) is 4.79 Å². The molecule has 0 spiro atoms. The van der Waals surface area contributed by atoms with Crippen LogP contribution in [0.25, 0.3) is 0 Å². The molecule has 5 heteroatoms. The first-order valence-electron chi connectivity index (χ1n) is 6.10. The molecule has 0 saturated carbocycles. The molecule has 0 aromatic heterocycles. The van der Waals surface area contributed by atoms with Crippen molar-refractivity contribution in [1.82, 2.24) is 4.90 Å². The Kier molecular flexibility index (Phi) is 7.34. The second kappa shape index (κ2) is 7.63. The van der Waals surface area contributed by atoms with Gasteiger partial charge in [0.05, 0.1) is 6.61 Å². The van der Waals surface area contributed by atoms with Crippen molar-refractivity contribution in [3.8, 4) is 0 Å². The van der Waals surface area contributed by atoms with Gasteiger partial charge in [0.15, 0.2) is 0 Å². The molecule has 0 aliphatic carbocycles. The Morgan fingerprint density at radius 3 is 2.53 bits per heavy atom. The fraction of sp³-hybridized carbons (Fsp3) is 0.917. The van der Waals surface area contributed by atoms with Gasteiger partial charge in [-0.2, -0.15) is 0 Å². The lowest BCUT2D eigenvalue weighted by molar-refractivity contribution is -0.143. The molecule has 0 saturated heterocycles. The summed E-state index contributed by atoms with van der Waals surface area (Å²) in [6.45, 7) is 7.94. The quantitative estimate of drug-likeness (QED) is 0.633. The van der Waals surface area contributed by atoms with Gasteiger partial charge in [0.1, 0.15) is 5.54 Å². The Morgan fingerprint density at radius 2 is 2.12 bits per heavy atom. The number of hydrogen-bond acceptors (Lipinski definition) is 4. The highest BCUT2D eigenvalue weighted by Crippen LogP contribution is 2.11. The summed E-state index contributed by atoms with van der Waals surface area (Å²) in [5, 5.41) is 8.96. The molecular formula is C12H26N2O3. The van der Waals surface area contributed by atoms with E-state index in [1.165, 1.54) is 0 Å². The van der Waals surface area contributed by atoms with Gasteiger partial charge in [-0.25, -0.2) is 0 Å². The highest BCUT2D eigenvalue weighted by Gasteiger charge is 2.28. The molecule has 2 unspecified atom stereocenters. The van der Waals surface area contributed by atoms with Gasteiger partial charge < -0.3 is 15.6 Å². The van der Waals surface area contributed by atoms with Crippen molar-refractivity contribution in [3.05, 3.63) is 0 Å². The average Bonchev–Trinajstić information content (AvgIpc) is 2.28. The lowest BCUT2D eigenvalue weighted by atomic mass is 9.99. The third kappa shape index (κ3) is 6.00. The van der Waals surface area contributed by atoms with Gasteiger partial charge in [0.25, 0.3) is 0 Å². The monoisotopic (exact) mass is 246 g/mol. The zero-order valence-corrected chi connectivity index (χ0v) is 11.4. The van der Waals surface area contributed by atoms with Crippen LogP contribution in [0.4, 0.5) is 0 Å². The molecule has 5 nitrogen and oxygen atoms in total. The summed E-state index contributed by atoms with van der Waals surface area (Å²) >= 11 is 0. The van der Waals surface area contributed by atoms with E-state index in [0.29, 0.717) is 25.6 Å². The van der Waals surface area contributed by atoms with E-state index in [4.69, 9.17) is 15.6 Å². The number of carboxylic acid groups (broad SMARTS) is 1. The minimum atomic E-state index is -1.15. The zero-order chi connectivity index (χ0) is 13.5.